The second kappa shape index (κ2) is 3.60. The van der Waals surface area contributed by atoms with Crippen LogP contribution in [-0.2, 0) is 0 Å². The van der Waals surface area contributed by atoms with Gasteiger partial charge in [-0.05, 0) is 34.3 Å². The lowest BCUT2D eigenvalue weighted by Crippen LogP contribution is -1.79. The Labute approximate surface area is 77.3 Å². The topological polar surface area (TPSA) is 12.9 Å². The summed E-state index contributed by atoms with van der Waals surface area (Å²) >= 11 is 10.6. The Hall–Kier alpha value is 0.270. The maximum absolute atomic E-state index is 5.72. The van der Waals surface area contributed by atoms with Crippen molar-refractivity contribution in [2.24, 2.45) is 0 Å². The van der Waals surface area contributed by atoms with E-state index in [4.69, 9.17) is 11.6 Å². The zero-order valence-electron chi connectivity index (χ0n) is 5.27. The minimum absolute atomic E-state index is 0.520. The summed E-state index contributed by atoms with van der Waals surface area (Å²) in [6, 6.07) is 3.81. The molecule has 0 radical (unpaired) electrons. The first kappa shape index (κ1) is 8.37. The molecule has 1 heterocycles. The summed E-state index contributed by atoms with van der Waals surface area (Å²) in [5.41, 5.74) is 0. The average molecular weight is 239 g/mol. The van der Waals surface area contributed by atoms with E-state index < -0.39 is 0 Å². The summed E-state index contributed by atoms with van der Waals surface area (Å²) in [5, 5.41) is 1.46. The molecule has 0 saturated carbocycles. The highest BCUT2D eigenvalue weighted by Gasteiger charge is 1.97. The van der Waals surface area contributed by atoms with Gasteiger partial charge in [-0.15, -0.1) is 11.8 Å². The van der Waals surface area contributed by atoms with Crippen molar-refractivity contribution in [3.63, 3.8) is 0 Å². The van der Waals surface area contributed by atoms with Gasteiger partial charge in [-0.25, -0.2) is 4.98 Å². The predicted octanol–water partition coefficient (Wildman–Crippen LogP) is 3.22. The minimum atomic E-state index is 0.520. The van der Waals surface area contributed by atoms with Crippen LogP contribution in [-0.4, -0.2) is 11.2 Å². The molecule has 1 nitrogen and oxygen atoms in total. The number of nitrogens with zero attached hydrogens (tertiary/aromatic N) is 1. The summed E-state index contributed by atoms with van der Waals surface area (Å²) in [7, 11) is 0. The number of pyridine rings is 1. The average Bonchev–Trinajstić information content (AvgIpc) is 1.95. The fourth-order valence-electron chi connectivity index (χ4n) is 0.514. The SMILES string of the molecule is CSc1ccc(Br)c(Cl)n1. The van der Waals surface area contributed by atoms with Crippen molar-refractivity contribution in [2.45, 2.75) is 5.03 Å². The maximum atomic E-state index is 5.72. The van der Waals surface area contributed by atoms with Crippen molar-refractivity contribution >= 4 is 39.3 Å². The van der Waals surface area contributed by atoms with E-state index >= 15 is 0 Å². The van der Waals surface area contributed by atoms with Crippen LogP contribution in [0.4, 0.5) is 0 Å². The number of thioether (sulfide) groups is 1. The Balaban J connectivity index is 3.04. The number of hydrogen-bond acceptors (Lipinski definition) is 2. The third-order valence-electron chi connectivity index (χ3n) is 0.987. The van der Waals surface area contributed by atoms with E-state index in [1.54, 1.807) is 11.8 Å². The molecule has 0 bridgehead atoms. The molecule has 0 atom stereocenters. The van der Waals surface area contributed by atoms with Crippen molar-refractivity contribution in [1.29, 1.82) is 0 Å². The van der Waals surface area contributed by atoms with Crippen molar-refractivity contribution in [2.75, 3.05) is 6.26 Å². The van der Waals surface area contributed by atoms with Gasteiger partial charge in [0.05, 0.1) is 9.50 Å². The Morgan fingerprint density at radius 1 is 1.60 bits per heavy atom. The zero-order valence-corrected chi connectivity index (χ0v) is 8.42. The van der Waals surface area contributed by atoms with Crippen LogP contribution in [0.5, 0.6) is 0 Å². The first-order valence-electron chi connectivity index (χ1n) is 2.60. The molecule has 1 aromatic rings. The lowest BCUT2D eigenvalue weighted by atomic mass is 10.5. The van der Waals surface area contributed by atoms with Gasteiger partial charge in [0, 0.05) is 0 Å². The molecule has 0 unspecified atom stereocenters. The summed E-state index contributed by atoms with van der Waals surface area (Å²) in [5.74, 6) is 0. The van der Waals surface area contributed by atoms with Crippen LogP contribution >= 0.6 is 39.3 Å². The molecule has 0 aliphatic heterocycles. The van der Waals surface area contributed by atoms with E-state index in [1.807, 2.05) is 18.4 Å². The molecule has 1 rings (SSSR count). The molecule has 1 aromatic heterocycles. The van der Waals surface area contributed by atoms with Gasteiger partial charge in [0.25, 0.3) is 0 Å². The lowest BCUT2D eigenvalue weighted by Gasteiger charge is -1.96. The highest BCUT2D eigenvalue weighted by Crippen LogP contribution is 2.22. The van der Waals surface area contributed by atoms with Crippen LogP contribution in [0.3, 0.4) is 0 Å². The van der Waals surface area contributed by atoms with Crippen LogP contribution in [0.15, 0.2) is 21.6 Å². The van der Waals surface area contributed by atoms with Crippen molar-refractivity contribution < 1.29 is 0 Å². The fourth-order valence-corrected chi connectivity index (χ4v) is 1.33. The highest BCUT2D eigenvalue weighted by atomic mass is 79.9. The molecule has 0 aromatic carbocycles. The summed E-state index contributed by atoms with van der Waals surface area (Å²) in [6.45, 7) is 0. The fraction of sp³-hybridized carbons (Fsp3) is 0.167. The largest absolute Gasteiger partial charge is 0.229 e. The van der Waals surface area contributed by atoms with Crippen molar-refractivity contribution in [3.8, 4) is 0 Å². The Kier molecular flexibility index (Phi) is 3.01. The van der Waals surface area contributed by atoms with Gasteiger partial charge in [0.1, 0.15) is 5.15 Å². The zero-order chi connectivity index (χ0) is 7.56. The van der Waals surface area contributed by atoms with E-state index in [2.05, 4.69) is 20.9 Å². The van der Waals surface area contributed by atoms with Gasteiger partial charge in [0.15, 0.2) is 0 Å². The normalized spacial score (nSPS) is 9.90. The summed E-state index contributed by atoms with van der Waals surface area (Å²) < 4.78 is 0.840. The maximum Gasteiger partial charge on any atom is 0.144 e. The molecule has 4 heteroatoms. The van der Waals surface area contributed by atoms with Crippen LogP contribution in [0, 0.1) is 0 Å². The second-order valence-electron chi connectivity index (χ2n) is 1.63. The molecule has 0 N–H and O–H groups in total. The molecule has 10 heavy (non-hydrogen) atoms. The Morgan fingerprint density at radius 2 is 2.30 bits per heavy atom. The van der Waals surface area contributed by atoms with Crippen molar-refractivity contribution in [3.05, 3.63) is 21.8 Å². The standard InChI is InChI=1S/C6H5BrClNS/c1-10-5-3-2-4(7)6(8)9-5/h2-3H,1H3. The van der Waals surface area contributed by atoms with Crippen LogP contribution in [0.2, 0.25) is 5.15 Å². The van der Waals surface area contributed by atoms with E-state index in [0.29, 0.717) is 5.15 Å². The third-order valence-corrected chi connectivity index (χ3v) is 2.79. The third kappa shape index (κ3) is 1.87. The first-order valence-corrected chi connectivity index (χ1v) is 4.99. The molecule has 0 aliphatic carbocycles. The summed E-state index contributed by atoms with van der Waals surface area (Å²) in [6.07, 6.45) is 1.96. The monoisotopic (exact) mass is 237 g/mol. The van der Waals surface area contributed by atoms with Gasteiger partial charge in [0.2, 0.25) is 0 Å². The Morgan fingerprint density at radius 3 is 2.80 bits per heavy atom. The predicted molar refractivity (Wildman–Crippen MR) is 48.7 cm³/mol. The van der Waals surface area contributed by atoms with Crippen LogP contribution in [0.1, 0.15) is 0 Å². The highest BCUT2D eigenvalue weighted by molar-refractivity contribution is 9.10. The van der Waals surface area contributed by atoms with Gasteiger partial charge >= 0.3 is 0 Å². The molecule has 0 amide bonds. The van der Waals surface area contributed by atoms with Gasteiger partial charge in [-0.2, -0.15) is 0 Å². The molecule has 0 saturated heterocycles. The van der Waals surface area contributed by atoms with Gasteiger partial charge in [-0.3, -0.25) is 0 Å². The smallest absolute Gasteiger partial charge is 0.144 e. The minimum Gasteiger partial charge on any atom is -0.229 e. The van der Waals surface area contributed by atoms with E-state index in [-0.39, 0.29) is 0 Å². The molecule has 0 fully saturated rings. The van der Waals surface area contributed by atoms with Crippen LogP contribution in [0.25, 0.3) is 0 Å². The molecular formula is C6H5BrClNS. The van der Waals surface area contributed by atoms with Gasteiger partial charge in [-0.1, -0.05) is 11.6 Å². The van der Waals surface area contributed by atoms with E-state index in [9.17, 15) is 0 Å². The number of hydrogen-bond donors (Lipinski definition) is 0. The van der Waals surface area contributed by atoms with Crippen molar-refractivity contribution in [1.82, 2.24) is 4.98 Å². The first-order chi connectivity index (χ1) is 4.74. The number of halogens is 2. The quantitative estimate of drug-likeness (QED) is 0.550. The summed E-state index contributed by atoms with van der Waals surface area (Å²) in [4.78, 5) is 4.07. The molecule has 0 aliphatic rings. The molecular weight excluding hydrogens is 233 g/mol. The lowest BCUT2D eigenvalue weighted by molar-refractivity contribution is 1.13. The molecule has 0 spiro atoms. The van der Waals surface area contributed by atoms with Gasteiger partial charge < -0.3 is 0 Å². The van der Waals surface area contributed by atoms with E-state index in [0.717, 1.165) is 9.50 Å². The number of aromatic nitrogens is 1. The van der Waals surface area contributed by atoms with E-state index in [1.165, 1.54) is 0 Å². The Bertz CT molecular complexity index is 241. The second-order valence-corrected chi connectivity index (χ2v) is 3.67. The molecule has 54 valence electrons. The van der Waals surface area contributed by atoms with Crippen LogP contribution < -0.4 is 0 Å². The number of rotatable bonds is 1.